The van der Waals surface area contributed by atoms with Crippen LogP contribution in [0.15, 0.2) is 86.0 Å². The molecule has 0 aliphatic rings. The number of carbonyl (C=O) groups excluding carboxylic acids is 3. The highest BCUT2D eigenvalue weighted by atomic mass is 35.5. The molecule has 0 aliphatic heterocycles. The van der Waals surface area contributed by atoms with E-state index >= 15 is 0 Å². The minimum Gasteiger partial charge on any atom is -0.459 e. The van der Waals surface area contributed by atoms with Gasteiger partial charge in [-0.15, -0.1) is 10.2 Å². The third kappa shape index (κ3) is 16.2. The molecular weight excluding hydrogens is 922 g/mol. The van der Waals surface area contributed by atoms with E-state index < -0.39 is 58.5 Å². The van der Waals surface area contributed by atoms with Gasteiger partial charge in [-0.3, -0.25) is 14.8 Å². The van der Waals surface area contributed by atoms with Gasteiger partial charge in [0.1, 0.15) is 24.3 Å². The summed E-state index contributed by atoms with van der Waals surface area (Å²) in [5.74, 6) is -2.51. The third-order valence-corrected chi connectivity index (χ3v) is 8.36. The number of ether oxygens (including phenoxy) is 2. The second-order valence-electron chi connectivity index (χ2n) is 14.9. The average Bonchev–Trinajstić information content (AvgIpc) is 3.91. The Kier molecular flexibility index (Phi) is 17.7. The Morgan fingerprint density at radius 2 is 1.12 bits per heavy atom. The monoisotopic (exact) mass is 961 g/mol. The van der Waals surface area contributed by atoms with Gasteiger partial charge in [-0.2, -0.15) is 26.3 Å². The maximum absolute atomic E-state index is 13.6. The Morgan fingerprint density at radius 3 is 1.48 bits per heavy atom. The van der Waals surface area contributed by atoms with Gasteiger partial charge >= 0.3 is 23.8 Å². The molecular formula is C44H40ClF8N9O5. The van der Waals surface area contributed by atoms with Crippen LogP contribution in [-0.4, -0.2) is 69.5 Å². The second-order valence-corrected chi connectivity index (χ2v) is 15.2. The first-order valence-corrected chi connectivity index (χ1v) is 19.9. The van der Waals surface area contributed by atoms with E-state index in [0.717, 1.165) is 58.2 Å². The van der Waals surface area contributed by atoms with Crippen molar-refractivity contribution in [3.63, 3.8) is 0 Å². The van der Waals surface area contributed by atoms with Crippen molar-refractivity contribution >= 4 is 52.5 Å². The zero-order valence-corrected chi connectivity index (χ0v) is 37.0. The van der Waals surface area contributed by atoms with E-state index in [1.54, 1.807) is 13.8 Å². The first kappa shape index (κ1) is 52.3. The highest BCUT2D eigenvalue weighted by molar-refractivity contribution is 6.61. The van der Waals surface area contributed by atoms with Crippen molar-refractivity contribution in [3.05, 3.63) is 131 Å². The van der Waals surface area contributed by atoms with Crippen LogP contribution in [0.5, 0.6) is 0 Å². The molecule has 4 heterocycles. The zero-order chi connectivity index (χ0) is 49.8. The topological polar surface area (TPSA) is 183 Å². The quantitative estimate of drug-likeness (QED) is 0.0564. The second kappa shape index (κ2) is 22.7. The lowest BCUT2D eigenvalue weighted by Gasteiger charge is -2.11. The van der Waals surface area contributed by atoms with Crippen molar-refractivity contribution < 1.29 is 59.0 Å². The molecule has 14 nitrogen and oxygen atoms in total. The van der Waals surface area contributed by atoms with E-state index in [-0.39, 0.29) is 45.0 Å². The van der Waals surface area contributed by atoms with Crippen LogP contribution in [0.4, 0.5) is 39.9 Å². The fourth-order valence-corrected chi connectivity index (χ4v) is 5.57. The number of nitrogens with zero attached hydrogens (tertiary/aromatic N) is 8. The molecule has 0 spiro atoms. The number of aromatic nitrogens is 8. The summed E-state index contributed by atoms with van der Waals surface area (Å²) in [6.07, 6.45) is -0.123. The van der Waals surface area contributed by atoms with Gasteiger partial charge < -0.3 is 15.2 Å². The minimum atomic E-state index is -4.51. The summed E-state index contributed by atoms with van der Waals surface area (Å²) in [7, 11) is 0. The normalized spacial score (nSPS) is 12.0. The fraction of sp³-hybridized carbons (Fsp3) is 0.250. The van der Waals surface area contributed by atoms with Gasteiger partial charge in [0.25, 0.3) is 5.91 Å². The Hall–Kier alpha value is -7.36. The van der Waals surface area contributed by atoms with Crippen molar-refractivity contribution in [1.82, 2.24) is 39.5 Å². The maximum Gasteiger partial charge on any atom is 0.416 e. The molecule has 67 heavy (non-hydrogen) atoms. The lowest BCUT2D eigenvalue weighted by molar-refractivity contribution is -0.140. The van der Waals surface area contributed by atoms with Gasteiger partial charge in [-0.1, -0.05) is 13.8 Å². The summed E-state index contributed by atoms with van der Waals surface area (Å²) >= 11 is 4.86. The largest absolute Gasteiger partial charge is 0.459 e. The minimum absolute atomic E-state index is 0.0200. The van der Waals surface area contributed by atoms with Crippen LogP contribution in [0.2, 0.25) is 0 Å². The standard InChI is InChI=1S/C21H18F4N4O2.C18H13F4N5O.C5H9ClO2/c1-12(2)31-20(30)18(15-7-17(22)9-26-8-15)10-29-11-27-19(28-29)14-4-13(3)5-16(6-14)21(23,24)25;1-10-2-11(4-13(3-10)18(20,21)22)17-25-9-27(26-17)8-15(16(23)28)12-5-14(19)7-24-6-12;1-4(2)3-8-5(6)7/h4-12H,1-3H3;2-9H,1H3,(H2,23,28);4H,3H2,1-2H3/b18-10+;15-8+;. The number of aryl methyl sites for hydroxylation is 2. The number of primary amides is 1. The fourth-order valence-electron chi connectivity index (χ4n) is 5.51. The number of benzene rings is 2. The van der Waals surface area contributed by atoms with Crippen molar-refractivity contribution in [2.24, 2.45) is 11.7 Å². The first-order valence-electron chi connectivity index (χ1n) is 19.5. The number of carbonyl (C=O) groups is 3. The highest BCUT2D eigenvalue weighted by Crippen LogP contribution is 2.34. The Morgan fingerprint density at radius 1 is 0.687 bits per heavy atom. The maximum atomic E-state index is 13.6. The van der Waals surface area contributed by atoms with E-state index in [4.69, 9.17) is 22.1 Å². The molecule has 6 rings (SSSR count). The number of hydrogen-bond donors (Lipinski definition) is 1. The molecule has 0 fully saturated rings. The summed E-state index contributed by atoms with van der Waals surface area (Å²) in [5.41, 5.74) is 4.21. The molecule has 0 atom stereocenters. The van der Waals surface area contributed by atoms with Crippen LogP contribution in [-0.2, 0) is 31.4 Å². The molecule has 1 amide bonds. The van der Waals surface area contributed by atoms with E-state index in [1.165, 1.54) is 63.4 Å². The molecule has 6 aromatic rings. The summed E-state index contributed by atoms with van der Waals surface area (Å²) in [4.78, 5) is 49.5. The molecule has 0 bridgehead atoms. The Balaban J connectivity index is 0.000000253. The number of alkyl halides is 6. The van der Waals surface area contributed by atoms with Crippen molar-refractivity contribution in [1.29, 1.82) is 0 Å². The van der Waals surface area contributed by atoms with Crippen LogP contribution >= 0.6 is 11.6 Å². The van der Waals surface area contributed by atoms with Gasteiger partial charge in [0, 0.05) is 58.6 Å². The van der Waals surface area contributed by atoms with Gasteiger partial charge in [-0.05, 0) is 93.3 Å². The van der Waals surface area contributed by atoms with E-state index in [2.05, 4.69) is 34.9 Å². The molecule has 0 aliphatic carbocycles. The van der Waals surface area contributed by atoms with Crippen LogP contribution in [0, 0.1) is 31.4 Å². The summed E-state index contributed by atoms with van der Waals surface area (Å²) in [5, 5.41) is 8.19. The average molecular weight is 962 g/mol. The van der Waals surface area contributed by atoms with Gasteiger partial charge in [0.15, 0.2) is 11.6 Å². The predicted octanol–water partition coefficient (Wildman–Crippen LogP) is 10.1. The molecule has 0 radical (unpaired) electrons. The molecule has 0 saturated carbocycles. The van der Waals surface area contributed by atoms with Crippen LogP contribution in [0.3, 0.4) is 0 Å². The van der Waals surface area contributed by atoms with E-state index in [1.807, 2.05) is 13.8 Å². The number of halogens is 9. The van der Waals surface area contributed by atoms with Crippen LogP contribution in [0.25, 0.3) is 46.3 Å². The summed E-state index contributed by atoms with van der Waals surface area (Å²) < 4.78 is 117. The number of nitrogens with two attached hydrogens (primary N) is 1. The molecule has 0 saturated heterocycles. The molecule has 0 unspecified atom stereocenters. The van der Waals surface area contributed by atoms with Gasteiger partial charge in [0.2, 0.25) is 0 Å². The summed E-state index contributed by atoms with van der Waals surface area (Å²) in [6.45, 7) is 10.7. The van der Waals surface area contributed by atoms with Crippen molar-refractivity contribution in [2.75, 3.05) is 6.61 Å². The van der Waals surface area contributed by atoms with Gasteiger partial charge in [0.05, 0.1) is 47.4 Å². The number of pyridine rings is 2. The van der Waals surface area contributed by atoms with Gasteiger partial charge in [-0.25, -0.2) is 37.7 Å². The smallest absolute Gasteiger partial charge is 0.416 e. The zero-order valence-electron chi connectivity index (χ0n) is 36.2. The molecule has 354 valence electrons. The number of amides is 1. The number of hydrogen-bond acceptors (Lipinski definition) is 11. The van der Waals surface area contributed by atoms with Crippen molar-refractivity contribution in [2.45, 2.75) is 60.0 Å². The van der Waals surface area contributed by atoms with Crippen LogP contribution in [0.1, 0.15) is 61.1 Å². The van der Waals surface area contributed by atoms with Crippen LogP contribution < -0.4 is 5.73 Å². The van der Waals surface area contributed by atoms with E-state index in [0.29, 0.717) is 23.7 Å². The Bertz CT molecular complexity index is 2770. The lowest BCUT2D eigenvalue weighted by atomic mass is 10.1. The molecule has 4 aromatic heterocycles. The summed E-state index contributed by atoms with van der Waals surface area (Å²) in [6, 6.07) is 9.11. The van der Waals surface area contributed by atoms with E-state index in [9.17, 15) is 49.5 Å². The highest BCUT2D eigenvalue weighted by Gasteiger charge is 2.32. The molecule has 2 N–H and O–H groups in total. The first-order chi connectivity index (χ1) is 31.3. The SMILES string of the molecule is CC(C)COC(=O)Cl.Cc1cc(-c2ncn(/C=C(/C(=O)OC(C)C)c3cncc(F)c3)n2)cc(C(F)(F)F)c1.Cc1cc(-c2ncn(/C=C(/C(N)=O)c3cncc(F)c3)n2)cc(C(F)(F)F)c1. The number of esters is 1. The van der Waals surface area contributed by atoms with Crippen molar-refractivity contribution in [3.8, 4) is 22.8 Å². The number of rotatable bonds is 11. The third-order valence-electron chi connectivity index (χ3n) is 8.26. The molecule has 23 heteroatoms. The lowest BCUT2D eigenvalue weighted by Crippen LogP contribution is -2.14. The molecule has 2 aromatic carbocycles. The predicted molar refractivity (Wildman–Crippen MR) is 230 cm³/mol. The Labute approximate surface area is 382 Å².